The van der Waals surface area contributed by atoms with E-state index in [1.165, 1.54) is 6.08 Å². The van der Waals surface area contributed by atoms with Gasteiger partial charge in [-0.1, -0.05) is 11.6 Å². The van der Waals surface area contributed by atoms with Gasteiger partial charge < -0.3 is 21.5 Å². The minimum atomic E-state index is -0.255. The Hall–Kier alpha value is -0.870. The lowest BCUT2D eigenvalue weighted by Gasteiger charge is -2.37. The van der Waals surface area contributed by atoms with Gasteiger partial charge in [-0.25, -0.2) is 0 Å². The van der Waals surface area contributed by atoms with Gasteiger partial charge in [-0.05, 0) is 12.2 Å². The summed E-state index contributed by atoms with van der Waals surface area (Å²) in [5, 5.41) is 9.15. The first-order chi connectivity index (χ1) is 5.59. The maximum atomic E-state index is 8.95. The Balaban J connectivity index is 2.42. The number of nitrogens with two attached hydrogens (primary N) is 2. The molecule has 4 nitrogen and oxygen atoms in total. The van der Waals surface area contributed by atoms with Gasteiger partial charge in [0, 0.05) is 13.1 Å². The van der Waals surface area contributed by atoms with Crippen molar-refractivity contribution in [2.45, 2.75) is 6.10 Å². The molecule has 0 aromatic carbocycles. The second-order valence-corrected chi connectivity index (χ2v) is 3.14. The van der Waals surface area contributed by atoms with Crippen LogP contribution in [0.15, 0.2) is 23.1 Å². The quantitative estimate of drug-likeness (QED) is 0.405. The van der Waals surface area contributed by atoms with E-state index in [4.69, 9.17) is 28.2 Å². The number of allylic oxidation sites excluding steroid dienone is 2. The van der Waals surface area contributed by atoms with Crippen molar-refractivity contribution in [2.24, 2.45) is 11.5 Å². The van der Waals surface area contributed by atoms with Crippen LogP contribution in [-0.2, 0) is 0 Å². The van der Waals surface area contributed by atoms with E-state index < -0.39 is 0 Å². The van der Waals surface area contributed by atoms with Crippen LogP contribution in [0.2, 0.25) is 0 Å². The van der Waals surface area contributed by atoms with E-state index in [0.717, 1.165) is 0 Å². The molecule has 1 rings (SSSR count). The zero-order valence-corrected chi connectivity index (χ0v) is 7.33. The van der Waals surface area contributed by atoms with E-state index in [1.54, 1.807) is 6.08 Å². The van der Waals surface area contributed by atoms with Crippen molar-refractivity contribution in [1.82, 2.24) is 4.90 Å². The number of aliphatic hydroxyl groups is 1. The van der Waals surface area contributed by atoms with Gasteiger partial charge >= 0.3 is 0 Å². The molecular formula is C7H12ClN3O. The van der Waals surface area contributed by atoms with Gasteiger partial charge in [0.2, 0.25) is 0 Å². The van der Waals surface area contributed by atoms with Gasteiger partial charge in [0.15, 0.2) is 0 Å². The van der Waals surface area contributed by atoms with Gasteiger partial charge in [0.05, 0.1) is 17.1 Å². The standard InChI is InChI=1S/C7H12ClN3O/c8-6(9)1-2-7(10)11-3-5(12)4-11/h1-2,5,12H,3-4,9-10H2/b6-1-,7-2+. The molecule has 0 spiro atoms. The van der Waals surface area contributed by atoms with Crippen molar-refractivity contribution in [3.05, 3.63) is 23.1 Å². The summed E-state index contributed by atoms with van der Waals surface area (Å²) in [6, 6.07) is 0. The van der Waals surface area contributed by atoms with E-state index in [-0.39, 0.29) is 11.3 Å². The van der Waals surface area contributed by atoms with Crippen LogP contribution >= 0.6 is 11.6 Å². The summed E-state index contributed by atoms with van der Waals surface area (Å²) in [6.45, 7) is 1.16. The van der Waals surface area contributed by atoms with Crippen LogP contribution in [0.1, 0.15) is 0 Å². The highest BCUT2D eigenvalue weighted by Gasteiger charge is 2.24. The van der Waals surface area contributed by atoms with Gasteiger partial charge in [-0.3, -0.25) is 0 Å². The molecule has 0 amide bonds. The van der Waals surface area contributed by atoms with Crippen LogP contribution in [0.4, 0.5) is 0 Å². The lowest BCUT2D eigenvalue weighted by Crippen LogP contribution is -2.51. The van der Waals surface area contributed by atoms with Crippen LogP contribution in [-0.4, -0.2) is 29.2 Å². The Morgan fingerprint density at radius 3 is 2.42 bits per heavy atom. The normalized spacial score (nSPS) is 21.0. The molecule has 1 aliphatic heterocycles. The van der Waals surface area contributed by atoms with E-state index in [1.807, 2.05) is 4.90 Å². The minimum Gasteiger partial charge on any atom is -0.389 e. The van der Waals surface area contributed by atoms with Crippen LogP contribution in [0, 0.1) is 0 Å². The Morgan fingerprint density at radius 2 is 2.00 bits per heavy atom. The lowest BCUT2D eigenvalue weighted by atomic mass is 10.2. The molecule has 0 unspecified atom stereocenters. The van der Waals surface area contributed by atoms with Crippen molar-refractivity contribution >= 4 is 11.6 Å². The third-order valence-corrected chi connectivity index (χ3v) is 1.77. The molecule has 0 aliphatic carbocycles. The zero-order chi connectivity index (χ0) is 9.14. The molecule has 68 valence electrons. The number of rotatable bonds is 2. The summed E-state index contributed by atoms with van der Waals surface area (Å²) < 4.78 is 0. The number of β-amino-alcohol motifs (C(OH)–C–C–N with tert-alkyl or cyclic N) is 1. The van der Waals surface area contributed by atoms with Crippen molar-refractivity contribution in [2.75, 3.05) is 13.1 Å². The second-order valence-electron chi connectivity index (χ2n) is 2.70. The molecule has 1 saturated heterocycles. The monoisotopic (exact) mass is 189 g/mol. The molecule has 5 heteroatoms. The number of halogens is 1. The summed E-state index contributed by atoms with van der Waals surface area (Å²) in [4.78, 5) is 1.83. The Kier molecular flexibility index (Phi) is 2.83. The van der Waals surface area contributed by atoms with E-state index >= 15 is 0 Å². The summed E-state index contributed by atoms with van der Waals surface area (Å²) >= 11 is 5.39. The number of aliphatic hydroxyl groups excluding tert-OH is 1. The first-order valence-electron chi connectivity index (χ1n) is 3.61. The van der Waals surface area contributed by atoms with Crippen LogP contribution in [0.5, 0.6) is 0 Å². The average Bonchev–Trinajstić information content (AvgIpc) is 1.94. The van der Waals surface area contributed by atoms with Crippen LogP contribution in [0.3, 0.4) is 0 Å². The Morgan fingerprint density at radius 1 is 1.42 bits per heavy atom. The molecule has 0 atom stereocenters. The molecule has 1 heterocycles. The van der Waals surface area contributed by atoms with Gasteiger partial charge in [-0.15, -0.1) is 0 Å². The third kappa shape index (κ3) is 2.32. The number of hydrogen-bond donors (Lipinski definition) is 3. The Bertz CT molecular complexity index is 217. The molecule has 0 aromatic heterocycles. The Labute approximate surface area is 76.1 Å². The summed E-state index contributed by atoms with van der Waals surface area (Å²) in [7, 11) is 0. The third-order valence-electron chi connectivity index (χ3n) is 1.64. The SMILES string of the molecule is N/C(Cl)=C\C=C(/N)N1CC(O)C1. The molecule has 12 heavy (non-hydrogen) atoms. The molecule has 0 bridgehead atoms. The van der Waals surface area contributed by atoms with Crippen molar-refractivity contribution in [3.8, 4) is 0 Å². The van der Waals surface area contributed by atoms with Gasteiger partial charge in [-0.2, -0.15) is 0 Å². The summed E-state index contributed by atoms with van der Waals surface area (Å²) in [5.41, 5.74) is 10.8. The highest BCUT2D eigenvalue weighted by molar-refractivity contribution is 6.29. The highest BCUT2D eigenvalue weighted by atomic mass is 35.5. The number of hydrogen-bond acceptors (Lipinski definition) is 4. The molecular weight excluding hydrogens is 178 g/mol. The van der Waals surface area contributed by atoms with E-state index in [9.17, 15) is 0 Å². The second kappa shape index (κ2) is 3.69. The fourth-order valence-electron chi connectivity index (χ4n) is 0.937. The van der Waals surface area contributed by atoms with Crippen LogP contribution in [0.25, 0.3) is 0 Å². The van der Waals surface area contributed by atoms with E-state index in [0.29, 0.717) is 18.9 Å². The maximum Gasteiger partial charge on any atom is 0.0993 e. The van der Waals surface area contributed by atoms with Crippen LogP contribution < -0.4 is 11.5 Å². The fourth-order valence-corrected chi connectivity index (χ4v) is 1.000. The topological polar surface area (TPSA) is 75.5 Å². The van der Waals surface area contributed by atoms with Crippen molar-refractivity contribution in [3.63, 3.8) is 0 Å². The zero-order valence-electron chi connectivity index (χ0n) is 6.57. The smallest absolute Gasteiger partial charge is 0.0993 e. The maximum absolute atomic E-state index is 8.95. The predicted molar refractivity (Wildman–Crippen MR) is 48.0 cm³/mol. The lowest BCUT2D eigenvalue weighted by molar-refractivity contribution is 0.0237. The van der Waals surface area contributed by atoms with Gasteiger partial charge in [0.1, 0.15) is 0 Å². The van der Waals surface area contributed by atoms with Gasteiger partial charge in [0.25, 0.3) is 0 Å². The highest BCUT2D eigenvalue weighted by Crippen LogP contribution is 2.11. The number of nitrogens with zero attached hydrogens (tertiary/aromatic N) is 1. The number of likely N-dealkylation sites (tertiary alicyclic amines) is 1. The van der Waals surface area contributed by atoms with Crippen molar-refractivity contribution < 1.29 is 5.11 Å². The summed E-state index contributed by atoms with van der Waals surface area (Å²) in [5.74, 6) is 0.573. The molecule has 0 radical (unpaired) electrons. The average molecular weight is 190 g/mol. The van der Waals surface area contributed by atoms with Crippen molar-refractivity contribution in [1.29, 1.82) is 0 Å². The predicted octanol–water partition coefficient (Wildman–Crippen LogP) is -0.498. The fraction of sp³-hybridized carbons (Fsp3) is 0.429. The van der Waals surface area contributed by atoms with E-state index in [2.05, 4.69) is 0 Å². The molecule has 5 N–H and O–H groups in total. The molecule has 1 fully saturated rings. The first kappa shape index (κ1) is 9.22. The molecule has 1 aliphatic rings. The molecule has 0 aromatic rings. The largest absolute Gasteiger partial charge is 0.389 e. The molecule has 0 saturated carbocycles. The first-order valence-corrected chi connectivity index (χ1v) is 3.99. The summed E-state index contributed by atoms with van der Waals surface area (Å²) in [6.07, 6.45) is 2.88. The minimum absolute atomic E-state index is 0.194.